The van der Waals surface area contributed by atoms with Crippen LogP contribution in [0.1, 0.15) is 106 Å². The van der Waals surface area contributed by atoms with Gasteiger partial charge in [-0.05, 0) is 67.1 Å². The lowest BCUT2D eigenvalue weighted by Gasteiger charge is -2.38. The molecular formula is C41H53FO7. The molecule has 1 saturated heterocycles. The van der Waals surface area contributed by atoms with Gasteiger partial charge in [0.2, 0.25) is 0 Å². The molecule has 3 aromatic carbocycles. The van der Waals surface area contributed by atoms with Gasteiger partial charge < -0.3 is 23.7 Å². The molecule has 0 bridgehead atoms. The maximum Gasteiger partial charge on any atom is 0.343 e. The molecule has 266 valence electrons. The highest BCUT2D eigenvalue weighted by Crippen LogP contribution is 2.33. The predicted octanol–water partition coefficient (Wildman–Crippen LogP) is 9.86. The summed E-state index contributed by atoms with van der Waals surface area (Å²) < 4.78 is 43.8. The Labute approximate surface area is 291 Å². The summed E-state index contributed by atoms with van der Waals surface area (Å²) in [6.45, 7) is 11.3. The molecular weight excluding hydrogens is 623 g/mol. The van der Waals surface area contributed by atoms with Gasteiger partial charge in [-0.3, -0.25) is 0 Å². The molecule has 0 amide bonds. The van der Waals surface area contributed by atoms with Crippen molar-refractivity contribution in [2.45, 2.75) is 91.6 Å². The monoisotopic (exact) mass is 676 g/mol. The summed E-state index contributed by atoms with van der Waals surface area (Å²) in [5, 5.41) is 0. The minimum atomic E-state index is -0.829. The highest BCUT2D eigenvalue weighted by atomic mass is 19.1. The normalized spacial score (nSPS) is 14.8. The molecule has 4 rings (SSSR count). The smallest absolute Gasteiger partial charge is 0.343 e. The number of halogens is 1. The summed E-state index contributed by atoms with van der Waals surface area (Å²) in [5.74, 6) is -1.72. The molecule has 0 spiro atoms. The number of ether oxygens (including phenoxy) is 5. The second kappa shape index (κ2) is 19.4. The van der Waals surface area contributed by atoms with Crippen LogP contribution in [0, 0.1) is 17.2 Å². The molecule has 0 N–H and O–H groups in total. The molecule has 3 aromatic rings. The van der Waals surface area contributed by atoms with Crippen molar-refractivity contribution in [3.63, 3.8) is 0 Å². The summed E-state index contributed by atoms with van der Waals surface area (Å²) >= 11 is 0. The van der Waals surface area contributed by atoms with Gasteiger partial charge in [-0.1, -0.05) is 96.6 Å². The Hall–Kier alpha value is -3.75. The number of rotatable bonds is 21. The molecule has 1 fully saturated rings. The molecule has 2 atom stereocenters. The minimum absolute atomic E-state index is 0.0545. The second-order valence-electron chi connectivity index (χ2n) is 13.7. The highest BCUT2D eigenvalue weighted by molar-refractivity contribution is 5.93. The summed E-state index contributed by atoms with van der Waals surface area (Å²) in [4.78, 5) is 25.6. The third kappa shape index (κ3) is 12.0. The molecule has 1 heterocycles. The van der Waals surface area contributed by atoms with E-state index in [2.05, 4.69) is 13.8 Å². The van der Waals surface area contributed by atoms with Crippen LogP contribution in [0.15, 0.2) is 66.7 Å². The minimum Gasteiger partial charge on any atom is -0.493 e. The van der Waals surface area contributed by atoms with E-state index in [0.717, 1.165) is 62.5 Å². The number of hydrogen-bond donors (Lipinski definition) is 0. The number of carbonyl (C=O) groups excluding carboxylic acids is 2. The van der Waals surface area contributed by atoms with Crippen LogP contribution < -0.4 is 9.47 Å². The molecule has 0 aliphatic carbocycles. The zero-order valence-corrected chi connectivity index (χ0v) is 29.6. The Kier molecular flexibility index (Phi) is 15.1. The molecule has 49 heavy (non-hydrogen) atoms. The lowest BCUT2D eigenvalue weighted by molar-refractivity contribution is -0.150. The van der Waals surface area contributed by atoms with Gasteiger partial charge in [0, 0.05) is 11.0 Å². The van der Waals surface area contributed by atoms with Crippen molar-refractivity contribution in [2.24, 2.45) is 11.3 Å². The molecule has 1 aliphatic rings. The Morgan fingerprint density at radius 2 is 1.57 bits per heavy atom. The Morgan fingerprint density at radius 3 is 2.27 bits per heavy atom. The van der Waals surface area contributed by atoms with Crippen molar-refractivity contribution >= 4 is 11.9 Å². The average Bonchev–Trinajstić information content (AvgIpc) is 3.10. The zero-order chi connectivity index (χ0) is 35.1. The molecule has 1 unspecified atom stereocenters. The van der Waals surface area contributed by atoms with E-state index >= 15 is 0 Å². The van der Waals surface area contributed by atoms with E-state index in [-0.39, 0.29) is 40.9 Å². The maximum absolute atomic E-state index is 14.9. The van der Waals surface area contributed by atoms with Crippen molar-refractivity contribution in [1.29, 1.82) is 0 Å². The van der Waals surface area contributed by atoms with E-state index in [1.165, 1.54) is 37.8 Å². The standard InChI is InChI=1S/C41H53FO7/c1-5-7-8-9-13-17-34(48-29-41(4)27-45-28-41)18-14-23-46-38-25-33(19-21-35(38)31-15-11-10-12-16-31)40(44)49-37-22-20-32(24-36(37)42)39(43)47-26-30(3)6-2/h10-12,15-16,19-22,24-25,30,34H,5-9,13-14,17-18,23,26-29H2,1-4H3/t30-,34?/m1/s1. The SMILES string of the molecule is CCCCCCCC(CCCOc1cc(C(=O)Oc2ccc(C(=O)OC[C@H](C)CC)cc2F)ccc1-c1ccccc1)OCC1(C)COC1. The molecule has 0 saturated carbocycles. The molecule has 7 nitrogen and oxygen atoms in total. The second-order valence-corrected chi connectivity index (χ2v) is 13.7. The van der Waals surface area contributed by atoms with Crippen LogP contribution in [0.5, 0.6) is 11.5 Å². The lowest BCUT2D eigenvalue weighted by Crippen LogP contribution is -2.44. The van der Waals surface area contributed by atoms with Crippen LogP contribution >= 0.6 is 0 Å². The number of unbranched alkanes of at least 4 members (excludes halogenated alkanes) is 4. The van der Waals surface area contributed by atoms with Crippen LogP contribution in [0.4, 0.5) is 4.39 Å². The molecule has 8 heteroatoms. The third-order valence-electron chi connectivity index (χ3n) is 8.99. The Balaban J connectivity index is 1.40. The highest BCUT2D eigenvalue weighted by Gasteiger charge is 2.34. The van der Waals surface area contributed by atoms with Gasteiger partial charge in [0.1, 0.15) is 5.75 Å². The molecule has 0 radical (unpaired) electrons. The van der Waals surface area contributed by atoms with E-state index in [9.17, 15) is 14.0 Å². The quantitative estimate of drug-likeness (QED) is 0.0631. The van der Waals surface area contributed by atoms with E-state index in [4.69, 9.17) is 23.7 Å². The first-order chi connectivity index (χ1) is 23.7. The average molecular weight is 677 g/mol. The summed E-state index contributed by atoms with van der Waals surface area (Å²) in [6.07, 6.45) is 9.79. The van der Waals surface area contributed by atoms with Crippen LogP contribution in [-0.4, -0.2) is 51.1 Å². The fourth-order valence-electron chi connectivity index (χ4n) is 5.55. The van der Waals surface area contributed by atoms with E-state index in [1.54, 1.807) is 12.1 Å². The van der Waals surface area contributed by atoms with Gasteiger partial charge in [0.15, 0.2) is 11.6 Å². The van der Waals surface area contributed by atoms with Crippen molar-refractivity contribution in [1.82, 2.24) is 0 Å². The summed E-state index contributed by atoms with van der Waals surface area (Å²) in [7, 11) is 0. The number of hydrogen-bond acceptors (Lipinski definition) is 7. The van der Waals surface area contributed by atoms with Gasteiger partial charge in [-0.15, -0.1) is 0 Å². The lowest BCUT2D eigenvalue weighted by atomic mass is 9.90. The number of esters is 2. The zero-order valence-electron chi connectivity index (χ0n) is 29.6. The van der Waals surface area contributed by atoms with E-state index in [1.807, 2.05) is 50.2 Å². The van der Waals surface area contributed by atoms with Crippen molar-refractivity contribution in [3.8, 4) is 22.6 Å². The van der Waals surface area contributed by atoms with Crippen molar-refractivity contribution in [2.75, 3.05) is 33.0 Å². The van der Waals surface area contributed by atoms with Gasteiger partial charge >= 0.3 is 11.9 Å². The largest absolute Gasteiger partial charge is 0.493 e. The van der Waals surface area contributed by atoms with Gasteiger partial charge in [-0.2, -0.15) is 0 Å². The number of carbonyl (C=O) groups is 2. The van der Waals surface area contributed by atoms with Crippen LogP contribution in [0.3, 0.4) is 0 Å². The van der Waals surface area contributed by atoms with E-state index < -0.39 is 17.8 Å². The predicted molar refractivity (Wildman–Crippen MR) is 190 cm³/mol. The van der Waals surface area contributed by atoms with Gasteiger partial charge in [-0.25, -0.2) is 14.0 Å². The van der Waals surface area contributed by atoms with Crippen LogP contribution in [-0.2, 0) is 14.2 Å². The van der Waals surface area contributed by atoms with E-state index in [0.29, 0.717) is 19.0 Å². The van der Waals surface area contributed by atoms with Crippen LogP contribution in [0.2, 0.25) is 0 Å². The fourth-order valence-corrected chi connectivity index (χ4v) is 5.55. The Bertz CT molecular complexity index is 1470. The fraction of sp³-hybridized carbons (Fsp3) is 0.512. The van der Waals surface area contributed by atoms with Crippen LogP contribution in [0.25, 0.3) is 11.1 Å². The number of benzene rings is 3. The first-order valence-electron chi connectivity index (χ1n) is 17.9. The molecule has 0 aromatic heterocycles. The summed E-state index contributed by atoms with van der Waals surface area (Å²) in [6, 6.07) is 18.6. The van der Waals surface area contributed by atoms with Gasteiger partial charge in [0.05, 0.1) is 50.3 Å². The summed E-state index contributed by atoms with van der Waals surface area (Å²) in [5.41, 5.74) is 2.16. The van der Waals surface area contributed by atoms with Gasteiger partial charge in [0.25, 0.3) is 0 Å². The van der Waals surface area contributed by atoms with Crippen molar-refractivity contribution in [3.05, 3.63) is 83.7 Å². The molecule has 1 aliphatic heterocycles. The Morgan fingerprint density at radius 1 is 0.857 bits per heavy atom. The first kappa shape index (κ1) is 38.1. The third-order valence-corrected chi connectivity index (χ3v) is 8.99. The topological polar surface area (TPSA) is 80.3 Å². The van der Waals surface area contributed by atoms with Crippen molar-refractivity contribution < 1.29 is 37.7 Å². The maximum atomic E-state index is 14.9. The first-order valence-corrected chi connectivity index (χ1v) is 17.9.